The van der Waals surface area contributed by atoms with Gasteiger partial charge in [0.25, 0.3) is 0 Å². The van der Waals surface area contributed by atoms with Gasteiger partial charge < -0.3 is 24.6 Å². The van der Waals surface area contributed by atoms with Gasteiger partial charge in [-0.25, -0.2) is 4.57 Å². The minimum absolute atomic E-state index is 0.115. The molecule has 0 amide bonds. The summed E-state index contributed by atoms with van der Waals surface area (Å²) < 4.78 is 32.3. The summed E-state index contributed by atoms with van der Waals surface area (Å²) in [7, 11) is -4.64. The van der Waals surface area contributed by atoms with Crippen molar-refractivity contribution in [1.82, 2.24) is 0 Å². The fraction of sp³-hybridized carbons (Fsp3) is 0.474. The molecule has 0 saturated heterocycles. The molecule has 3 atom stereocenters. The van der Waals surface area contributed by atoms with Gasteiger partial charge in [-0.2, -0.15) is 0 Å². The number of carbonyl (C=O) groups is 2. The van der Waals surface area contributed by atoms with Gasteiger partial charge in [-0.1, -0.05) is 130 Å². The minimum Gasteiger partial charge on any atom is -0.462 e. The number of esters is 2. The molecule has 0 fully saturated rings. The van der Waals surface area contributed by atoms with Gasteiger partial charge in [0.15, 0.2) is 6.10 Å². The average Bonchev–Trinajstić information content (AvgIpc) is 3.09. The van der Waals surface area contributed by atoms with Crippen LogP contribution in [0.15, 0.2) is 109 Å². The van der Waals surface area contributed by atoms with Gasteiger partial charge in [-0.3, -0.25) is 18.6 Å². The molecule has 0 bridgehead atoms. The Morgan fingerprint density at radius 2 is 1.08 bits per heavy atom. The second kappa shape index (κ2) is 33.1. The fourth-order valence-corrected chi connectivity index (χ4v) is 4.35. The van der Waals surface area contributed by atoms with Crippen LogP contribution in [0.4, 0.5) is 0 Å². The first-order valence-corrected chi connectivity index (χ1v) is 18.5. The average molecular weight is 705 g/mol. The van der Waals surface area contributed by atoms with Crippen molar-refractivity contribution >= 4 is 19.8 Å². The summed E-state index contributed by atoms with van der Waals surface area (Å²) in [5, 5.41) is 18.2. The van der Waals surface area contributed by atoms with Crippen LogP contribution in [0.5, 0.6) is 0 Å². The van der Waals surface area contributed by atoms with Gasteiger partial charge in [-0.15, -0.1) is 0 Å². The Kier molecular flexibility index (Phi) is 30.9. The van der Waals surface area contributed by atoms with Crippen LogP contribution in [0.3, 0.4) is 0 Å². The summed E-state index contributed by atoms with van der Waals surface area (Å²) in [6.45, 7) is 1.89. The lowest BCUT2D eigenvalue weighted by atomic mass is 10.1. The summed E-state index contributed by atoms with van der Waals surface area (Å²) in [6, 6.07) is 0. The van der Waals surface area contributed by atoms with Gasteiger partial charge in [-0.05, 0) is 44.9 Å². The number of ether oxygens (including phenoxy) is 2. The highest BCUT2D eigenvalue weighted by atomic mass is 31.2. The molecule has 0 aliphatic heterocycles. The number of hydrogen-bond acceptors (Lipinski definition) is 9. The van der Waals surface area contributed by atoms with Crippen molar-refractivity contribution in [2.45, 2.75) is 90.3 Å². The topological polar surface area (TPSA) is 149 Å². The Bertz CT molecular complexity index is 1180. The highest BCUT2D eigenvalue weighted by Crippen LogP contribution is 2.43. The monoisotopic (exact) mass is 704 g/mol. The van der Waals surface area contributed by atoms with Crippen LogP contribution < -0.4 is 0 Å². The number of phosphoric ester groups is 1. The minimum atomic E-state index is -4.64. The lowest BCUT2D eigenvalue weighted by Crippen LogP contribution is -2.29. The number of carbonyl (C=O) groups excluding carboxylic acids is 2. The summed E-state index contributed by atoms with van der Waals surface area (Å²) >= 11 is 0. The molecule has 0 aromatic heterocycles. The van der Waals surface area contributed by atoms with E-state index in [9.17, 15) is 24.2 Å². The maximum atomic E-state index is 12.5. The van der Waals surface area contributed by atoms with Gasteiger partial charge in [0.1, 0.15) is 12.7 Å². The molecule has 0 heterocycles. The first-order chi connectivity index (χ1) is 23.7. The third-order valence-corrected chi connectivity index (χ3v) is 7.10. The molecular formula is C38H57O10P. The number of hydrogen-bond donors (Lipinski definition) is 3. The van der Waals surface area contributed by atoms with Crippen molar-refractivity contribution in [2.24, 2.45) is 0 Å². The third-order valence-electron chi connectivity index (χ3n) is 6.15. The van der Waals surface area contributed by atoms with Crippen LogP contribution >= 0.6 is 7.82 Å². The van der Waals surface area contributed by atoms with Gasteiger partial charge in [0.05, 0.1) is 19.8 Å². The van der Waals surface area contributed by atoms with E-state index < -0.39 is 51.8 Å². The molecule has 0 aliphatic rings. The molecule has 0 saturated carbocycles. The number of unbranched alkanes of at least 4 members (excludes halogenated alkanes) is 4. The van der Waals surface area contributed by atoms with E-state index in [2.05, 4.69) is 36.6 Å². The van der Waals surface area contributed by atoms with E-state index in [0.717, 1.165) is 32.1 Å². The van der Waals surface area contributed by atoms with Crippen molar-refractivity contribution in [2.75, 3.05) is 26.4 Å². The van der Waals surface area contributed by atoms with E-state index in [4.69, 9.17) is 19.1 Å². The summed E-state index contributed by atoms with van der Waals surface area (Å²) in [4.78, 5) is 34.7. The molecule has 0 rings (SSSR count). The predicted molar refractivity (Wildman–Crippen MR) is 195 cm³/mol. The molecule has 49 heavy (non-hydrogen) atoms. The Labute approximate surface area is 293 Å². The molecule has 0 radical (unpaired) electrons. The zero-order chi connectivity index (χ0) is 36.3. The largest absolute Gasteiger partial charge is 0.472 e. The number of allylic oxidation sites excluding steroid dienone is 18. The quantitative estimate of drug-likeness (QED) is 0.0304. The van der Waals surface area contributed by atoms with Crippen LogP contribution in [0.2, 0.25) is 0 Å². The van der Waals surface area contributed by atoms with Crippen molar-refractivity contribution < 1.29 is 47.8 Å². The Balaban J connectivity index is 4.67. The maximum absolute atomic E-state index is 12.5. The van der Waals surface area contributed by atoms with Crippen molar-refractivity contribution in [1.29, 1.82) is 0 Å². The molecule has 2 unspecified atom stereocenters. The summed E-state index contributed by atoms with van der Waals surface area (Å²) in [5.41, 5.74) is 0. The number of aliphatic hydroxyl groups is 2. The lowest BCUT2D eigenvalue weighted by molar-refractivity contribution is -0.161. The smallest absolute Gasteiger partial charge is 0.462 e. The molecule has 0 aromatic carbocycles. The molecule has 10 nitrogen and oxygen atoms in total. The number of aliphatic hydroxyl groups excluding tert-OH is 2. The third kappa shape index (κ3) is 32.9. The Morgan fingerprint density at radius 3 is 1.61 bits per heavy atom. The van der Waals surface area contributed by atoms with E-state index in [1.807, 2.05) is 91.1 Å². The molecule has 0 aromatic rings. The van der Waals surface area contributed by atoms with Gasteiger partial charge >= 0.3 is 19.8 Å². The van der Waals surface area contributed by atoms with Crippen LogP contribution in [-0.2, 0) is 32.7 Å². The van der Waals surface area contributed by atoms with Gasteiger partial charge in [0.2, 0.25) is 0 Å². The van der Waals surface area contributed by atoms with Crippen LogP contribution in [0.1, 0.15) is 78.1 Å². The molecule has 0 spiro atoms. The first-order valence-electron chi connectivity index (χ1n) is 17.0. The molecule has 3 N–H and O–H groups in total. The highest BCUT2D eigenvalue weighted by molar-refractivity contribution is 7.47. The predicted octanol–water partition coefficient (Wildman–Crippen LogP) is 7.87. The summed E-state index contributed by atoms with van der Waals surface area (Å²) in [5.74, 6) is -1.08. The first kappa shape index (κ1) is 45.6. The Morgan fingerprint density at radius 1 is 0.612 bits per heavy atom. The van der Waals surface area contributed by atoms with Crippen molar-refractivity contribution in [3.8, 4) is 0 Å². The van der Waals surface area contributed by atoms with Gasteiger partial charge in [0, 0.05) is 12.8 Å². The Hall–Kier alpha value is -3.37. The van der Waals surface area contributed by atoms with Crippen LogP contribution in [-0.4, -0.2) is 65.7 Å². The second-order valence-electron chi connectivity index (χ2n) is 10.6. The highest BCUT2D eigenvalue weighted by Gasteiger charge is 2.27. The zero-order valence-corrected chi connectivity index (χ0v) is 30.0. The summed E-state index contributed by atoms with van der Waals surface area (Å²) in [6.07, 6.45) is 39.4. The number of phosphoric acid groups is 1. The normalized spacial score (nSPS) is 15.4. The molecule has 11 heteroatoms. The van der Waals surface area contributed by atoms with Crippen molar-refractivity contribution in [3.05, 3.63) is 109 Å². The van der Waals surface area contributed by atoms with Crippen molar-refractivity contribution in [3.63, 3.8) is 0 Å². The lowest BCUT2D eigenvalue weighted by Gasteiger charge is -2.20. The zero-order valence-electron chi connectivity index (χ0n) is 29.1. The molecular weight excluding hydrogens is 647 g/mol. The molecule has 0 aliphatic carbocycles. The van der Waals surface area contributed by atoms with E-state index >= 15 is 0 Å². The van der Waals surface area contributed by atoms with E-state index in [1.54, 1.807) is 0 Å². The second-order valence-corrected chi connectivity index (χ2v) is 12.1. The van der Waals surface area contributed by atoms with Crippen LogP contribution in [0.25, 0.3) is 0 Å². The fourth-order valence-electron chi connectivity index (χ4n) is 3.56. The molecule has 274 valence electrons. The standard InChI is InChI=1S/C38H57O10P/c1-3-5-7-9-11-13-15-17-19-21-23-25-27-29-37(41)45-33-36(34-47-49(43,44)46-32-35(40)31-39)48-38(42)30-28-26-24-22-20-18-16-14-12-10-8-6-4-2/h5-21,23,35-36,39-40H,3-4,22,24-34H2,1-2H3,(H,43,44)/b7-5+,8-6+,11-9+,12-10+,15-13+,16-14+,19-17+,20-18+,23-21+/t35-,36?/m0/s1. The SMILES string of the molecule is CC/C=C/C=C/C=C/C=C/C=C/CCCC(=O)OCC(COP(=O)(O)OC[C@@H](O)CO)OC(=O)CCCCC/C=C/C=C/C=C/C=C/CC. The number of rotatable bonds is 29. The maximum Gasteiger partial charge on any atom is 0.472 e. The van der Waals surface area contributed by atoms with E-state index in [0.29, 0.717) is 19.3 Å². The van der Waals surface area contributed by atoms with Crippen LogP contribution in [0, 0.1) is 0 Å². The van der Waals surface area contributed by atoms with E-state index in [1.165, 1.54) is 0 Å². The van der Waals surface area contributed by atoms with E-state index in [-0.39, 0.29) is 19.4 Å².